The van der Waals surface area contributed by atoms with Crippen molar-refractivity contribution in [2.24, 2.45) is 0 Å². The number of rotatable bonds is 2. The molecule has 0 spiro atoms. The van der Waals surface area contributed by atoms with Crippen LogP contribution in [-0.2, 0) is 0 Å². The predicted molar refractivity (Wildman–Crippen MR) is 58.3 cm³/mol. The lowest BCUT2D eigenvalue weighted by molar-refractivity contribution is 0.0738. The van der Waals surface area contributed by atoms with E-state index >= 15 is 0 Å². The van der Waals surface area contributed by atoms with Crippen LogP contribution in [0.5, 0.6) is 5.75 Å². The predicted octanol–water partition coefficient (Wildman–Crippen LogP) is 2.67. The first-order chi connectivity index (χ1) is 7.27. The summed E-state index contributed by atoms with van der Waals surface area (Å²) in [4.78, 5) is 16.2. The number of ether oxygens (including phenoxy) is 1. The summed E-state index contributed by atoms with van der Waals surface area (Å²) in [5, 5.41) is 1.84. The molecule has 2 aromatic rings. The number of aryl methyl sites for hydroxylation is 1. The summed E-state index contributed by atoms with van der Waals surface area (Å²) in [7, 11) is 0. The van der Waals surface area contributed by atoms with Crippen LogP contribution in [0.25, 0.3) is 0 Å². The van der Waals surface area contributed by atoms with Crippen LogP contribution in [0.1, 0.15) is 15.4 Å². The van der Waals surface area contributed by atoms with E-state index in [4.69, 9.17) is 4.74 Å². The molecule has 0 aliphatic rings. The van der Waals surface area contributed by atoms with Crippen LogP contribution in [0.15, 0.2) is 35.8 Å². The average molecular weight is 219 g/mol. The van der Waals surface area contributed by atoms with Crippen molar-refractivity contribution in [1.82, 2.24) is 4.98 Å². The van der Waals surface area contributed by atoms with Gasteiger partial charge in [-0.1, -0.05) is 6.07 Å². The van der Waals surface area contributed by atoms with Crippen molar-refractivity contribution in [3.63, 3.8) is 0 Å². The second kappa shape index (κ2) is 4.23. The minimum absolute atomic E-state index is 0.332. The Morgan fingerprint density at radius 1 is 1.40 bits per heavy atom. The maximum absolute atomic E-state index is 11.6. The molecule has 0 aliphatic heterocycles. The molecule has 0 N–H and O–H groups in total. The fourth-order valence-corrected chi connectivity index (χ4v) is 1.72. The molecule has 2 rings (SSSR count). The number of thiophene rings is 1. The Hall–Kier alpha value is -1.68. The highest BCUT2D eigenvalue weighted by Crippen LogP contribution is 2.17. The summed E-state index contributed by atoms with van der Waals surface area (Å²) in [6.45, 7) is 1.80. The Bertz CT molecular complexity index is 465. The van der Waals surface area contributed by atoms with Crippen LogP contribution in [0.3, 0.4) is 0 Å². The van der Waals surface area contributed by atoms with Crippen molar-refractivity contribution >= 4 is 17.3 Å². The Morgan fingerprint density at radius 3 is 2.93 bits per heavy atom. The minimum atomic E-state index is -0.332. The topological polar surface area (TPSA) is 39.2 Å². The number of aromatic nitrogens is 1. The van der Waals surface area contributed by atoms with Crippen molar-refractivity contribution in [2.75, 3.05) is 0 Å². The van der Waals surface area contributed by atoms with Crippen LogP contribution in [0, 0.1) is 6.92 Å². The number of nitrogens with zero attached hydrogens (tertiary/aromatic N) is 1. The summed E-state index contributed by atoms with van der Waals surface area (Å²) in [5.74, 6) is 0.178. The van der Waals surface area contributed by atoms with Gasteiger partial charge >= 0.3 is 5.97 Å². The van der Waals surface area contributed by atoms with E-state index in [0.29, 0.717) is 16.3 Å². The van der Waals surface area contributed by atoms with Gasteiger partial charge in [0.25, 0.3) is 0 Å². The summed E-state index contributed by atoms with van der Waals surface area (Å²) in [6, 6.07) is 7.02. The zero-order valence-electron chi connectivity index (χ0n) is 8.14. The van der Waals surface area contributed by atoms with E-state index in [-0.39, 0.29) is 5.97 Å². The average Bonchev–Trinajstić information content (AvgIpc) is 2.74. The van der Waals surface area contributed by atoms with Gasteiger partial charge in [-0.3, -0.25) is 4.98 Å². The largest absolute Gasteiger partial charge is 0.420 e. The Balaban J connectivity index is 2.17. The molecule has 0 unspecified atom stereocenters. The highest BCUT2D eigenvalue weighted by Gasteiger charge is 2.10. The smallest absolute Gasteiger partial charge is 0.353 e. The second-order valence-corrected chi connectivity index (χ2v) is 3.90. The van der Waals surface area contributed by atoms with E-state index in [1.165, 1.54) is 11.3 Å². The van der Waals surface area contributed by atoms with Crippen LogP contribution in [0.4, 0.5) is 0 Å². The van der Waals surface area contributed by atoms with E-state index in [1.54, 1.807) is 31.3 Å². The third kappa shape index (κ3) is 2.22. The molecular formula is C11H9NO2S. The molecule has 4 heteroatoms. The van der Waals surface area contributed by atoms with Gasteiger partial charge < -0.3 is 4.74 Å². The zero-order valence-corrected chi connectivity index (χ0v) is 8.95. The van der Waals surface area contributed by atoms with Crippen molar-refractivity contribution in [3.8, 4) is 5.75 Å². The van der Waals surface area contributed by atoms with Gasteiger partial charge in [-0.2, -0.15) is 0 Å². The quantitative estimate of drug-likeness (QED) is 0.729. The second-order valence-electron chi connectivity index (χ2n) is 2.95. The van der Waals surface area contributed by atoms with Gasteiger partial charge in [0.2, 0.25) is 0 Å². The van der Waals surface area contributed by atoms with Gasteiger partial charge in [0.1, 0.15) is 4.88 Å². The standard InChI is InChI=1S/C11H9NO2S/c1-8-9(4-2-6-12-8)14-11(13)10-5-3-7-15-10/h2-7H,1H3. The number of esters is 1. The van der Waals surface area contributed by atoms with E-state index in [1.807, 2.05) is 11.4 Å². The number of carbonyl (C=O) groups is 1. The fraction of sp³-hybridized carbons (Fsp3) is 0.0909. The molecule has 0 saturated carbocycles. The number of hydrogen-bond donors (Lipinski definition) is 0. The van der Waals surface area contributed by atoms with Crippen LogP contribution >= 0.6 is 11.3 Å². The monoisotopic (exact) mass is 219 g/mol. The highest BCUT2D eigenvalue weighted by atomic mass is 32.1. The van der Waals surface area contributed by atoms with Gasteiger partial charge in [0, 0.05) is 6.20 Å². The molecule has 0 saturated heterocycles. The molecule has 0 fully saturated rings. The maximum atomic E-state index is 11.6. The van der Waals surface area contributed by atoms with Crippen molar-refractivity contribution in [1.29, 1.82) is 0 Å². The third-order valence-electron chi connectivity index (χ3n) is 1.88. The molecule has 0 bridgehead atoms. The fourth-order valence-electron chi connectivity index (χ4n) is 1.12. The molecule has 2 aromatic heterocycles. The molecule has 15 heavy (non-hydrogen) atoms. The molecular weight excluding hydrogens is 210 g/mol. The molecule has 0 amide bonds. The lowest BCUT2D eigenvalue weighted by Crippen LogP contribution is -2.07. The van der Waals surface area contributed by atoms with E-state index in [0.717, 1.165) is 0 Å². The van der Waals surface area contributed by atoms with Crippen LogP contribution < -0.4 is 4.74 Å². The van der Waals surface area contributed by atoms with Gasteiger partial charge in [-0.15, -0.1) is 11.3 Å². The Morgan fingerprint density at radius 2 is 2.27 bits per heavy atom. The normalized spacial score (nSPS) is 9.93. The molecule has 3 nitrogen and oxygen atoms in total. The molecule has 0 aromatic carbocycles. The van der Waals surface area contributed by atoms with Gasteiger partial charge in [0.15, 0.2) is 5.75 Å². The van der Waals surface area contributed by atoms with Gasteiger partial charge in [-0.25, -0.2) is 4.79 Å². The number of hydrogen-bond acceptors (Lipinski definition) is 4. The lowest BCUT2D eigenvalue weighted by Gasteiger charge is -2.04. The lowest BCUT2D eigenvalue weighted by atomic mass is 10.3. The molecule has 0 atom stereocenters. The first-order valence-corrected chi connectivity index (χ1v) is 5.32. The summed E-state index contributed by atoms with van der Waals surface area (Å²) >= 11 is 1.36. The molecule has 76 valence electrons. The first kappa shape index (κ1) is 9.86. The Labute approximate surface area is 91.4 Å². The van der Waals surface area contributed by atoms with Gasteiger partial charge in [-0.05, 0) is 30.5 Å². The SMILES string of the molecule is Cc1ncccc1OC(=O)c1cccs1. The minimum Gasteiger partial charge on any atom is -0.420 e. The summed E-state index contributed by atoms with van der Waals surface area (Å²) in [6.07, 6.45) is 1.66. The number of pyridine rings is 1. The Kier molecular flexibility index (Phi) is 2.78. The molecule has 0 radical (unpaired) electrons. The van der Waals surface area contributed by atoms with Crippen molar-refractivity contribution < 1.29 is 9.53 Å². The van der Waals surface area contributed by atoms with E-state index < -0.39 is 0 Å². The van der Waals surface area contributed by atoms with Crippen molar-refractivity contribution in [3.05, 3.63) is 46.4 Å². The first-order valence-electron chi connectivity index (χ1n) is 4.44. The molecule has 0 aliphatic carbocycles. The van der Waals surface area contributed by atoms with Crippen molar-refractivity contribution in [2.45, 2.75) is 6.92 Å². The van der Waals surface area contributed by atoms with Crippen LogP contribution in [0.2, 0.25) is 0 Å². The maximum Gasteiger partial charge on any atom is 0.353 e. The third-order valence-corrected chi connectivity index (χ3v) is 2.73. The summed E-state index contributed by atoms with van der Waals surface area (Å²) in [5.41, 5.74) is 0.711. The van der Waals surface area contributed by atoms with E-state index in [2.05, 4.69) is 4.98 Å². The van der Waals surface area contributed by atoms with Crippen LogP contribution in [-0.4, -0.2) is 11.0 Å². The number of carbonyl (C=O) groups excluding carboxylic acids is 1. The highest BCUT2D eigenvalue weighted by molar-refractivity contribution is 7.12. The summed E-state index contributed by atoms with van der Waals surface area (Å²) < 4.78 is 5.20. The molecule has 2 heterocycles. The zero-order chi connectivity index (χ0) is 10.7. The van der Waals surface area contributed by atoms with E-state index in [9.17, 15) is 4.79 Å². The van der Waals surface area contributed by atoms with Gasteiger partial charge in [0.05, 0.1) is 5.69 Å².